The Morgan fingerprint density at radius 1 is 1.56 bits per heavy atom. The second kappa shape index (κ2) is 4.22. The molecule has 16 heavy (non-hydrogen) atoms. The topological polar surface area (TPSA) is 53.4 Å². The van der Waals surface area contributed by atoms with Crippen molar-refractivity contribution < 1.29 is 9.90 Å². The van der Waals surface area contributed by atoms with Crippen molar-refractivity contribution in [2.45, 2.75) is 32.9 Å². The smallest absolute Gasteiger partial charge is 0.354 e. The van der Waals surface area contributed by atoms with Gasteiger partial charge in [0.05, 0.1) is 0 Å². The molecule has 0 spiro atoms. The standard InChI is InChI=1S/C12H16N2O2/c1-8(2)14-6-4-9-3-5-13-11(12(15)16)10(9)7-14/h3,5,8H,4,6-7H2,1-2H3,(H,15,16). The monoisotopic (exact) mass is 220 g/mol. The van der Waals surface area contributed by atoms with Crippen molar-refractivity contribution in [2.75, 3.05) is 6.54 Å². The first kappa shape index (κ1) is 11.1. The Morgan fingerprint density at radius 3 is 2.94 bits per heavy atom. The molecule has 4 nitrogen and oxygen atoms in total. The van der Waals surface area contributed by atoms with Gasteiger partial charge in [0, 0.05) is 30.9 Å². The van der Waals surface area contributed by atoms with E-state index < -0.39 is 5.97 Å². The molecule has 2 rings (SSSR count). The fraction of sp³-hybridized carbons (Fsp3) is 0.500. The number of hydrogen-bond acceptors (Lipinski definition) is 3. The van der Waals surface area contributed by atoms with Crippen LogP contribution in [0.15, 0.2) is 12.3 Å². The van der Waals surface area contributed by atoms with E-state index in [1.54, 1.807) is 6.20 Å². The third-order valence-electron chi connectivity index (χ3n) is 3.12. The van der Waals surface area contributed by atoms with E-state index in [2.05, 4.69) is 23.7 Å². The van der Waals surface area contributed by atoms with Gasteiger partial charge in [-0.3, -0.25) is 4.90 Å². The lowest BCUT2D eigenvalue weighted by Gasteiger charge is -2.32. The predicted molar refractivity (Wildman–Crippen MR) is 60.4 cm³/mol. The summed E-state index contributed by atoms with van der Waals surface area (Å²) in [7, 11) is 0. The second-order valence-corrected chi connectivity index (χ2v) is 4.42. The quantitative estimate of drug-likeness (QED) is 0.821. The average Bonchev–Trinajstić information content (AvgIpc) is 2.27. The summed E-state index contributed by atoms with van der Waals surface area (Å²) in [6.07, 6.45) is 2.50. The van der Waals surface area contributed by atoms with Gasteiger partial charge < -0.3 is 5.11 Å². The van der Waals surface area contributed by atoms with Crippen LogP contribution in [-0.2, 0) is 13.0 Å². The number of rotatable bonds is 2. The van der Waals surface area contributed by atoms with Gasteiger partial charge >= 0.3 is 5.97 Å². The Labute approximate surface area is 94.9 Å². The number of carboxylic acids is 1. The molecule has 0 aromatic carbocycles. The Morgan fingerprint density at radius 2 is 2.31 bits per heavy atom. The minimum Gasteiger partial charge on any atom is -0.477 e. The first-order chi connectivity index (χ1) is 7.59. The summed E-state index contributed by atoms with van der Waals surface area (Å²) in [6.45, 7) is 5.94. The number of hydrogen-bond donors (Lipinski definition) is 1. The highest BCUT2D eigenvalue weighted by molar-refractivity contribution is 5.87. The number of nitrogens with zero attached hydrogens (tertiary/aromatic N) is 2. The van der Waals surface area contributed by atoms with E-state index >= 15 is 0 Å². The molecule has 0 fully saturated rings. The molecule has 4 heteroatoms. The first-order valence-electron chi connectivity index (χ1n) is 5.53. The van der Waals surface area contributed by atoms with Crippen LogP contribution in [0.2, 0.25) is 0 Å². The minimum atomic E-state index is -0.928. The van der Waals surface area contributed by atoms with Crippen molar-refractivity contribution in [1.29, 1.82) is 0 Å². The van der Waals surface area contributed by atoms with Crippen LogP contribution in [0.25, 0.3) is 0 Å². The van der Waals surface area contributed by atoms with Crippen LogP contribution in [0.3, 0.4) is 0 Å². The van der Waals surface area contributed by atoms with Gasteiger partial charge in [-0.1, -0.05) is 0 Å². The Hall–Kier alpha value is -1.42. The highest BCUT2D eigenvalue weighted by Crippen LogP contribution is 2.22. The lowest BCUT2D eigenvalue weighted by Crippen LogP contribution is -2.36. The van der Waals surface area contributed by atoms with Crippen molar-refractivity contribution in [3.8, 4) is 0 Å². The number of carbonyl (C=O) groups is 1. The van der Waals surface area contributed by atoms with Gasteiger partial charge in [0.2, 0.25) is 0 Å². The second-order valence-electron chi connectivity index (χ2n) is 4.42. The molecule has 0 bridgehead atoms. The van der Waals surface area contributed by atoms with Gasteiger partial charge in [-0.15, -0.1) is 0 Å². The van der Waals surface area contributed by atoms with Gasteiger partial charge in [0.25, 0.3) is 0 Å². The molecule has 1 aromatic rings. The summed E-state index contributed by atoms with van der Waals surface area (Å²) in [4.78, 5) is 17.3. The molecule has 0 radical (unpaired) electrons. The van der Waals surface area contributed by atoms with Crippen LogP contribution in [0.4, 0.5) is 0 Å². The summed E-state index contributed by atoms with van der Waals surface area (Å²) in [5, 5.41) is 9.08. The molecular weight excluding hydrogens is 204 g/mol. The van der Waals surface area contributed by atoms with Crippen molar-refractivity contribution in [1.82, 2.24) is 9.88 Å². The number of carboxylic acid groups (broad SMARTS) is 1. The van der Waals surface area contributed by atoms with Gasteiger partial charge in [-0.2, -0.15) is 0 Å². The SMILES string of the molecule is CC(C)N1CCc2ccnc(C(=O)O)c2C1. The van der Waals surface area contributed by atoms with Crippen LogP contribution in [0.5, 0.6) is 0 Å². The molecule has 1 aliphatic heterocycles. The average molecular weight is 220 g/mol. The molecule has 0 aliphatic carbocycles. The van der Waals surface area contributed by atoms with E-state index in [0.29, 0.717) is 12.6 Å². The molecule has 1 aromatic heterocycles. The van der Waals surface area contributed by atoms with Crippen LogP contribution in [0, 0.1) is 0 Å². The van der Waals surface area contributed by atoms with Crippen molar-refractivity contribution in [3.63, 3.8) is 0 Å². The number of pyridine rings is 1. The number of aromatic carboxylic acids is 1. The highest BCUT2D eigenvalue weighted by Gasteiger charge is 2.23. The zero-order valence-corrected chi connectivity index (χ0v) is 9.60. The normalized spacial score (nSPS) is 16.2. The largest absolute Gasteiger partial charge is 0.477 e. The van der Waals surface area contributed by atoms with Crippen molar-refractivity contribution in [3.05, 3.63) is 29.1 Å². The van der Waals surface area contributed by atoms with Crippen molar-refractivity contribution >= 4 is 5.97 Å². The highest BCUT2D eigenvalue weighted by atomic mass is 16.4. The lowest BCUT2D eigenvalue weighted by molar-refractivity contribution is 0.0686. The zero-order chi connectivity index (χ0) is 11.7. The van der Waals surface area contributed by atoms with Gasteiger partial charge in [0.15, 0.2) is 5.69 Å². The van der Waals surface area contributed by atoms with Crippen LogP contribution in [0.1, 0.15) is 35.5 Å². The Bertz CT molecular complexity index is 415. The lowest BCUT2D eigenvalue weighted by atomic mass is 9.98. The number of aromatic nitrogens is 1. The minimum absolute atomic E-state index is 0.211. The molecule has 1 aliphatic rings. The molecule has 1 N–H and O–H groups in total. The first-order valence-corrected chi connectivity index (χ1v) is 5.53. The summed E-state index contributed by atoms with van der Waals surface area (Å²) in [5.41, 5.74) is 2.22. The third kappa shape index (κ3) is 1.93. The van der Waals surface area contributed by atoms with Crippen molar-refractivity contribution in [2.24, 2.45) is 0 Å². The molecular formula is C12H16N2O2. The Kier molecular flexibility index (Phi) is 2.92. The molecule has 2 heterocycles. The number of fused-ring (bicyclic) bond motifs is 1. The van der Waals surface area contributed by atoms with E-state index in [1.807, 2.05) is 6.07 Å². The van der Waals surface area contributed by atoms with Crippen LogP contribution in [-0.4, -0.2) is 33.5 Å². The maximum atomic E-state index is 11.1. The molecule has 0 saturated heterocycles. The maximum absolute atomic E-state index is 11.1. The molecule has 0 unspecified atom stereocenters. The Balaban J connectivity index is 2.38. The van der Waals surface area contributed by atoms with E-state index in [1.165, 1.54) is 0 Å². The molecule has 86 valence electrons. The maximum Gasteiger partial charge on any atom is 0.354 e. The van der Waals surface area contributed by atoms with Gasteiger partial charge in [-0.05, 0) is 31.9 Å². The van der Waals surface area contributed by atoms with E-state index in [9.17, 15) is 4.79 Å². The summed E-state index contributed by atoms with van der Waals surface area (Å²) in [5.74, 6) is -0.928. The van der Waals surface area contributed by atoms with Crippen LogP contribution >= 0.6 is 0 Å². The molecule has 0 amide bonds. The van der Waals surface area contributed by atoms with Gasteiger partial charge in [0.1, 0.15) is 0 Å². The molecule has 0 saturated carbocycles. The third-order valence-corrected chi connectivity index (χ3v) is 3.12. The fourth-order valence-electron chi connectivity index (χ4n) is 2.11. The summed E-state index contributed by atoms with van der Waals surface area (Å²) < 4.78 is 0. The summed E-state index contributed by atoms with van der Waals surface area (Å²) in [6, 6.07) is 2.37. The van der Waals surface area contributed by atoms with E-state index in [0.717, 1.165) is 24.1 Å². The molecule has 0 atom stereocenters. The predicted octanol–water partition coefficient (Wildman–Crippen LogP) is 1.55. The van der Waals surface area contributed by atoms with Crippen LogP contribution < -0.4 is 0 Å². The van der Waals surface area contributed by atoms with E-state index in [-0.39, 0.29) is 5.69 Å². The summed E-state index contributed by atoms with van der Waals surface area (Å²) >= 11 is 0. The van der Waals surface area contributed by atoms with Gasteiger partial charge in [-0.25, -0.2) is 9.78 Å². The fourth-order valence-corrected chi connectivity index (χ4v) is 2.11. The zero-order valence-electron chi connectivity index (χ0n) is 9.60. The van der Waals surface area contributed by atoms with E-state index in [4.69, 9.17) is 5.11 Å².